The number of imidazole rings is 1. The lowest BCUT2D eigenvalue weighted by Crippen LogP contribution is -2.08. The number of hydrogen-bond acceptors (Lipinski definition) is 6. The average Bonchev–Trinajstić information content (AvgIpc) is 2.93. The van der Waals surface area contributed by atoms with Crippen molar-refractivity contribution in [2.24, 2.45) is 7.05 Å². The zero-order valence-corrected chi connectivity index (χ0v) is 12.4. The molecule has 2 N–H and O–H groups in total. The second kappa shape index (κ2) is 4.55. The van der Waals surface area contributed by atoms with Crippen LogP contribution in [0.1, 0.15) is 5.82 Å². The Bertz CT molecular complexity index is 925. The molecule has 9 heteroatoms. The Balaban J connectivity index is 2.21. The fourth-order valence-electron chi connectivity index (χ4n) is 2.20. The number of aromatic nitrogens is 5. The molecule has 0 bridgehead atoms. The number of nitrogens with zero attached hydrogens (tertiary/aromatic N) is 5. The van der Waals surface area contributed by atoms with Crippen molar-refractivity contribution in [3.8, 4) is 0 Å². The number of para-hydroxylation sites is 1. The van der Waals surface area contributed by atoms with E-state index >= 15 is 0 Å². The number of sulfone groups is 1. The van der Waals surface area contributed by atoms with Gasteiger partial charge in [-0.05, 0) is 12.1 Å². The predicted molar refractivity (Wildman–Crippen MR) is 77.4 cm³/mol. The van der Waals surface area contributed by atoms with Gasteiger partial charge in [-0.15, -0.1) is 10.2 Å². The lowest BCUT2D eigenvalue weighted by molar-refractivity contribution is 0.602. The molecule has 21 heavy (non-hydrogen) atoms. The molecule has 3 aromatic rings. The van der Waals surface area contributed by atoms with Crippen molar-refractivity contribution in [2.75, 3.05) is 12.0 Å². The van der Waals surface area contributed by atoms with Crippen molar-refractivity contribution in [1.29, 1.82) is 0 Å². The van der Waals surface area contributed by atoms with Gasteiger partial charge in [0.05, 0.1) is 17.0 Å². The number of anilines is 1. The molecule has 3 rings (SSSR count). The van der Waals surface area contributed by atoms with Crippen LogP contribution in [0.3, 0.4) is 0 Å². The molecule has 8 nitrogen and oxygen atoms in total. The molecular weight excluding hydrogens is 292 g/mol. The summed E-state index contributed by atoms with van der Waals surface area (Å²) in [7, 11) is -1.54. The van der Waals surface area contributed by atoms with E-state index < -0.39 is 9.84 Å². The molecule has 0 atom stereocenters. The second-order valence-corrected chi connectivity index (χ2v) is 6.79. The van der Waals surface area contributed by atoms with E-state index in [0.29, 0.717) is 23.4 Å². The molecule has 0 amide bonds. The predicted octanol–water partition coefficient (Wildman–Crippen LogP) is 0.199. The standard InChI is InChI=1S/C12H14N6O2S/c1-17-7-14-16-10(17)6-18-8-4-3-5-9(21(2,19)20)11(8)15-12(18)13/h3-5,7H,6H2,1-2H3,(H2,13,15). The molecule has 0 fully saturated rings. The van der Waals surface area contributed by atoms with Crippen LogP contribution in [0.4, 0.5) is 5.95 Å². The van der Waals surface area contributed by atoms with Crippen molar-refractivity contribution in [2.45, 2.75) is 11.4 Å². The third-order valence-corrected chi connectivity index (χ3v) is 4.40. The summed E-state index contributed by atoms with van der Waals surface area (Å²) < 4.78 is 27.1. The number of nitrogens with two attached hydrogens (primary N) is 1. The number of nitrogen functional groups attached to an aromatic ring is 1. The third kappa shape index (κ3) is 2.25. The minimum absolute atomic E-state index is 0.170. The Morgan fingerprint density at radius 2 is 2.10 bits per heavy atom. The van der Waals surface area contributed by atoms with Crippen molar-refractivity contribution in [3.05, 3.63) is 30.4 Å². The van der Waals surface area contributed by atoms with Crippen LogP contribution in [0.5, 0.6) is 0 Å². The average molecular weight is 306 g/mol. The van der Waals surface area contributed by atoms with Crippen molar-refractivity contribution in [3.63, 3.8) is 0 Å². The van der Waals surface area contributed by atoms with Gasteiger partial charge in [-0.3, -0.25) is 0 Å². The molecule has 1 aromatic carbocycles. The van der Waals surface area contributed by atoms with Gasteiger partial charge < -0.3 is 14.9 Å². The zero-order valence-electron chi connectivity index (χ0n) is 11.6. The highest BCUT2D eigenvalue weighted by molar-refractivity contribution is 7.91. The second-order valence-electron chi connectivity index (χ2n) is 4.81. The van der Waals surface area contributed by atoms with Gasteiger partial charge in [0.2, 0.25) is 5.95 Å². The highest BCUT2D eigenvalue weighted by Gasteiger charge is 2.18. The van der Waals surface area contributed by atoms with E-state index in [2.05, 4.69) is 15.2 Å². The van der Waals surface area contributed by atoms with Crippen LogP contribution in [0.15, 0.2) is 29.4 Å². The summed E-state index contributed by atoms with van der Waals surface area (Å²) >= 11 is 0. The van der Waals surface area contributed by atoms with E-state index in [9.17, 15) is 8.42 Å². The highest BCUT2D eigenvalue weighted by Crippen LogP contribution is 2.25. The molecule has 0 aliphatic carbocycles. The molecule has 0 radical (unpaired) electrons. The molecular formula is C12H14N6O2S. The Morgan fingerprint density at radius 3 is 2.71 bits per heavy atom. The first-order valence-electron chi connectivity index (χ1n) is 6.15. The van der Waals surface area contributed by atoms with E-state index in [4.69, 9.17) is 5.73 Å². The molecule has 110 valence electrons. The van der Waals surface area contributed by atoms with Gasteiger partial charge in [0.1, 0.15) is 11.8 Å². The number of aryl methyl sites for hydroxylation is 1. The quantitative estimate of drug-likeness (QED) is 0.740. The summed E-state index contributed by atoms with van der Waals surface area (Å²) in [5.41, 5.74) is 6.96. The summed E-state index contributed by atoms with van der Waals surface area (Å²) in [6.45, 7) is 0.367. The summed E-state index contributed by atoms with van der Waals surface area (Å²) in [4.78, 5) is 4.36. The lowest BCUT2D eigenvalue weighted by Gasteiger charge is -2.06. The van der Waals surface area contributed by atoms with Crippen LogP contribution >= 0.6 is 0 Å². The Morgan fingerprint density at radius 1 is 1.33 bits per heavy atom. The molecule has 2 heterocycles. The SMILES string of the molecule is Cn1cnnc1Cn1c(N)nc2c(S(C)(=O)=O)cccc21. The van der Waals surface area contributed by atoms with Crippen LogP contribution < -0.4 is 5.73 Å². The Labute approximate surface area is 121 Å². The smallest absolute Gasteiger partial charge is 0.201 e. The van der Waals surface area contributed by atoms with Crippen LogP contribution in [0.2, 0.25) is 0 Å². The normalized spacial score (nSPS) is 12.1. The van der Waals surface area contributed by atoms with Gasteiger partial charge in [0.25, 0.3) is 0 Å². The highest BCUT2D eigenvalue weighted by atomic mass is 32.2. The molecule has 0 unspecified atom stereocenters. The van der Waals surface area contributed by atoms with Crippen LogP contribution in [0.25, 0.3) is 11.0 Å². The fourth-order valence-corrected chi connectivity index (χ4v) is 3.02. The Hall–Kier alpha value is -2.42. The minimum atomic E-state index is -3.37. The zero-order chi connectivity index (χ0) is 15.2. The third-order valence-electron chi connectivity index (χ3n) is 3.28. The van der Waals surface area contributed by atoms with Gasteiger partial charge in [-0.25, -0.2) is 13.4 Å². The van der Waals surface area contributed by atoms with Gasteiger partial charge >= 0.3 is 0 Å². The van der Waals surface area contributed by atoms with E-state index in [-0.39, 0.29) is 10.8 Å². The molecule has 0 spiro atoms. The molecule has 0 aliphatic heterocycles. The maximum Gasteiger partial charge on any atom is 0.201 e. The topological polar surface area (TPSA) is 109 Å². The number of fused-ring (bicyclic) bond motifs is 1. The van der Waals surface area contributed by atoms with Crippen LogP contribution in [-0.4, -0.2) is 39.0 Å². The maximum absolute atomic E-state index is 11.8. The molecule has 0 aliphatic rings. The first-order chi connectivity index (χ1) is 9.88. The van der Waals surface area contributed by atoms with Crippen molar-refractivity contribution >= 4 is 26.8 Å². The maximum atomic E-state index is 11.8. The van der Waals surface area contributed by atoms with E-state index in [0.717, 1.165) is 6.26 Å². The van der Waals surface area contributed by atoms with Crippen LogP contribution in [-0.2, 0) is 23.4 Å². The fraction of sp³-hybridized carbons (Fsp3) is 0.250. The lowest BCUT2D eigenvalue weighted by atomic mass is 10.3. The van der Waals surface area contributed by atoms with Crippen molar-refractivity contribution < 1.29 is 8.42 Å². The number of benzene rings is 1. The summed E-state index contributed by atoms with van der Waals surface area (Å²) in [6, 6.07) is 4.98. The van der Waals surface area contributed by atoms with Gasteiger partial charge in [-0.2, -0.15) is 0 Å². The van der Waals surface area contributed by atoms with E-state index in [1.54, 1.807) is 27.6 Å². The van der Waals surface area contributed by atoms with Crippen LogP contribution in [0, 0.1) is 0 Å². The summed E-state index contributed by atoms with van der Waals surface area (Å²) in [6.07, 6.45) is 2.74. The Kier molecular flexibility index (Phi) is 2.94. The number of rotatable bonds is 3. The summed E-state index contributed by atoms with van der Waals surface area (Å²) in [5, 5.41) is 7.81. The largest absolute Gasteiger partial charge is 0.369 e. The first kappa shape index (κ1) is 13.6. The molecule has 0 saturated carbocycles. The monoisotopic (exact) mass is 306 g/mol. The van der Waals surface area contributed by atoms with Gasteiger partial charge in [0, 0.05) is 13.3 Å². The first-order valence-corrected chi connectivity index (χ1v) is 8.04. The van der Waals surface area contributed by atoms with Gasteiger partial charge in [-0.1, -0.05) is 6.07 Å². The molecule has 2 aromatic heterocycles. The number of hydrogen-bond donors (Lipinski definition) is 1. The minimum Gasteiger partial charge on any atom is -0.369 e. The van der Waals surface area contributed by atoms with Gasteiger partial charge in [0.15, 0.2) is 15.7 Å². The van der Waals surface area contributed by atoms with E-state index in [1.165, 1.54) is 6.07 Å². The molecule has 0 saturated heterocycles. The summed E-state index contributed by atoms with van der Waals surface area (Å²) in [5.74, 6) is 0.940. The van der Waals surface area contributed by atoms with Crippen molar-refractivity contribution in [1.82, 2.24) is 24.3 Å². The van der Waals surface area contributed by atoms with E-state index in [1.807, 2.05) is 7.05 Å².